The molecule has 2 fully saturated rings. The predicted molar refractivity (Wildman–Crippen MR) is 158 cm³/mol. The van der Waals surface area contributed by atoms with Gasteiger partial charge in [0.25, 0.3) is 0 Å². The molecule has 1 N–H and O–H groups in total. The summed E-state index contributed by atoms with van der Waals surface area (Å²) in [5, 5.41) is 3.88. The van der Waals surface area contributed by atoms with Crippen LogP contribution in [0.15, 0.2) is 12.4 Å². The molecule has 0 radical (unpaired) electrons. The maximum absolute atomic E-state index is 12.7. The largest absolute Gasteiger partial charge is 0.466 e. The van der Waals surface area contributed by atoms with Crippen LogP contribution in [0.4, 0.5) is 19.1 Å². The number of ether oxygens (including phenoxy) is 1. The van der Waals surface area contributed by atoms with E-state index < -0.39 is 20.9 Å². The second-order valence-corrected chi connectivity index (χ2v) is 18.1. The van der Waals surface area contributed by atoms with Gasteiger partial charge in [-0.05, 0) is 87.9 Å². The van der Waals surface area contributed by atoms with Crippen molar-refractivity contribution in [3.63, 3.8) is 0 Å². The summed E-state index contributed by atoms with van der Waals surface area (Å²) < 4.78 is 52.4. The zero-order valence-corrected chi connectivity index (χ0v) is 26.4. The number of carbonyl (C=O) groups is 1. The van der Waals surface area contributed by atoms with Gasteiger partial charge in [0.2, 0.25) is 5.95 Å². The van der Waals surface area contributed by atoms with E-state index >= 15 is 0 Å². The zero-order valence-electron chi connectivity index (χ0n) is 25.4. The molecule has 2 heterocycles. The Labute approximate surface area is 243 Å². The number of carbonyl (C=O) groups excluding carboxylic acids is 1. The summed E-state index contributed by atoms with van der Waals surface area (Å²) in [5.74, 6) is 0.323. The van der Waals surface area contributed by atoms with E-state index in [-0.39, 0.29) is 47.5 Å². The van der Waals surface area contributed by atoms with Crippen LogP contribution in [0.2, 0.25) is 18.1 Å². The molecule has 0 aromatic carbocycles. The second kappa shape index (κ2) is 12.6. The quantitative estimate of drug-likeness (QED) is 0.233. The number of rotatable bonds is 9. The van der Waals surface area contributed by atoms with Gasteiger partial charge in [-0.25, -0.2) is 4.98 Å². The van der Waals surface area contributed by atoms with E-state index in [1.54, 1.807) is 6.20 Å². The Morgan fingerprint density at radius 1 is 1.07 bits per heavy atom. The third kappa shape index (κ3) is 7.83. The molecule has 2 saturated carbocycles. The highest BCUT2D eigenvalue weighted by Crippen LogP contribution is 2.43. The number of hydrogen-bond donors (Lipinski definition) is 1. The molecule has 0 unspecified atom stereocenters. The van der Waals surface area contributed by atoms with Crippen molar-refractivity contribution in [1.82, 2.24) is 14.5 Å². The van der Waals surface area contributed by atoms with Crippen LogP contribution in [0.5, 0.6) is 0 Å². The Balaban J connectivity index is 1.54. The molecule has 0 spiro atoms. The standard InChI is InChI=1S/C30H47F3N4O3Si/c1-7-39-27(38)21-10-8-20(9-11-21)25-19-37(22-12-14-23(15-13-22)40-41(5,6)29(2,3)4)26-24(25)18-35-28(36-26)34-17-16-30(31,32)33/h18-23H,7-17H2,1-6H3,(H,34,35,36)/t20-,21-,22?,23?. The summed E-state index contributed by atoms with van der Waals surface area (Å²) in [6, 6.07) is 0.235. The summed E-state index contributed by atoms with van der Waals surface area (Å²) in [7, 11) is -1.86. The first-order chi connectivity index (χ1) is 19.2. The molecular weight excluding hydrogens is 549 g/mol. The number of hydrogen-bond acceptors (Lipinski definition) is 6. The molecule has 0 saturated heterocycles. The molecule has 4 rings (SSSR count). The lowest BCUT2D eigenvalue weighted by molar-refractivity contribution is -0.149. The minimum absolute atomic E-state index is 0.0589. The first-order valence-corrected chi connectivity index (χ1v) is 18.1. The average molecular weight is 597 g/mol. The maximum Gasteiger partial charge on any atom is 0.390 e. The van der Waals surface area contributed by atoms with Crippen molar-refractivity contribution < 1.29 is 27.1 Å². The monoisotopic (exact) mass is 596 g/mol. The smallest absolute Gasteiger partial charge is 0.390 e. The van der Waals surface area contributed by atoms with Gasteiger partial charge in [0.05, 0.1) is 18.9 Å². The third-order valence-corrected chi connectivity index (χ3v) is 13.9. The van der Waals surface area contributed by atoms with Crippen LogP contribution in [0.3, 0.4) is 0 Å². The summed E-state index contributed by atoms with van der Waals surface area (Å²) >= 11 is 0. The minimum atomic E-state index is -4.24. The molecule has 0 aliphatic heterocycles. The highest BCUT2D eigenvalue weighted by Gasteiger charge is 2.40. The summed E-state index contributed by atoms with van der Waals surface area (Å²) in [6.45, 7) is 13.3. The molecule has 230 valence electrons. The fraction of sp³-hybridized carbons (Fsp3) is 0.767. The molecular formula is C30H47F3N4O3Si. The van der Waals surface area contributed by atoms with E-state index in [0.29, 0.717) is 6.61 Å². The number of fused-ring (bicyclic) bond motifs is 1. The van der Waals surface area contributed by atoms with Crippen molar-refractivity contribution in [2.75, 3.05) is 18.5 Å². The second-order valence-electron chi connectivity index (χ2n) is 13.3. The number of halogens is 3. The first kappa shape index (κ1) is 31.8. The van der Waals surface area contributed by atoms with Gasteiger partial charge < -0.3 is 19.0 Å². The molecule has 2 aromatic heterocycles. The molecule has 0 amide bonds. The Bertz CT molecular complexity index is 1180. The van der Waals surface area contributed by atoms with Crippen LogP contribution in [0.1, 0.15) is 103 Å². The fourth-order valence-corrected chi connectivity index (χ4v) is 7.42. The van der Waals surface area contributed by atoms with Gasteiger partial charge in [-0.1, -0.05) is 20.8 Å². The Kier molecular flexibility index (Phi) is 9.78. The van der Waals surface area contributed by atoms with Gasteiger partial charge in [-0.2, -0.15) is 18.2 Å². The normalized spacial score (nSPS) is 24.4. The number of esters is 1. The van der Waals surface area contributed by atoms with E-state index in [1.807, 2.05) is 6.92 Å². The van der Waals surface area contributed by atoms with E-state index in [4.69, 9.17) is 14.1 Å². The SMILES string of the molecule is CCOC(=O)[C@H]1CC[C@H](c2cn(C3CCC(O[Si](C)(C)C(C)(C)C)CC3)c3nc(NCCC(F)(F)F)ncc32)CC1. The average Bonchev–Trinajstić information content (AvgIpc) is 3.27. The van der Waals surface area contributed by atoms with E-state index in [1.165, 1.54) is 5.56 Å². The molecule has 11 heteroatoms. The third-order valence-electron chi connectivity index (χ3n) is 9.39. The van der Waals surface area contributed by atoms with Crippen LogP contribution in [-0.2, 0) is 14.0 Å². The molecule has 0 bridgehead atoms. The lowest BCUT2D eigenvalue weighted by Gasteiger charge is -2.41. The lowest BCUT2D eigenvalue weighted by Crippen LogP contribution is -2.44. The van der Waals surface area contributed by atoms with Crippen molar-refractivity contribution >= 4 is 31.3 Å². The van der Waals surface area contributed by atoms with Crippen molar-refractivity contribution in [2.45, 2.75) is 128 Å². The fourth-order valence-electron chi connectivity index (χ4n) is 5.99. The number of aromatic nitrogens is 3. The Morgan fingerprint density at radius 2 is 1.73 bits per heavy atom. The molecule has 7 nitrogen and oxygen atoms in total. The Morgan fingerprint density at radius 3 is 2.32 bits per heavy atom. The minimum Gasteiger partial charge on any atom is -0.466 e. The number of nitrogens with zero attached hydrogens (tertiary/aromatic N) is 3. The molecule has 0 atom stereocenters. The Hall–Kier alpha value is -2.14. The molecule has 41 heavy (non-hydrogen) atoms. The van der Waals surface area contributed by atoms with Gasteiger partial charge in [-0.3, -0.25) is 4.79 Å². The summed E-state index contributed by atoms with van der Waals surface area (Å²) in [6.07, 6.45) is 6.20. The topological polar surface area (TPSA) is 78.3 Å². The van der Waals surface area contributed by atoms with Crippen LogP contribution in [0.25, 0.3) is 11.0 Å². The van der Waals surface area contributed by atoms with Crippen molar-refractivity contribution in [1.29, 1.82) is 0 Å². The first-order valence-electron chi connectivity index (χ1n) is 15.2. The van der Waals surface area contributed by atoms with Crippen LogP contribution >= 0.6 is 0 Å². The highest BCUT2D eigenvalue weighted by molar-refractivity contribution is 6.74. The van der Waals surface area contributed by atoms with Gasteiger partial charge in [0, 0.05) is 36.5 Å². The van der Waals surface area contributed by atoms with Gasteiger partial charge >= 0.3 is 12.1 Å². The van der Waals surface area contributed by atoms with Crippen molar-refractivity contribution in [2.24, 2.45) is 5.92 Å². The van der Waals surface area contributed by atoms with E-state index in [0.717, 1.165) is 62.4 Å². The lowest BCUT2D eigenvalue weighted by atomic mass is 9.79. The molecule has 2 aromatic rings. The summed E-state index contributed by atoms with van der Waals surface area (Å²) in [4.78, 5) is 21.4. The van der Waals surface area contributed by atoms with Gasteiger partial charge in [-0.15, -0.1) is 0 Å². The van der Waals surface area contributed by atoms with Crippen molar-refractivity contribution in [3.05, 3.63) is 18.0 Å². The predicted octanol–water partition coefficient (Wildman–Crippen LogP) is 8.14. The van der Waals surface area contributed by atoms with Crippen LogP contribution in [0, 0.1) is 5.92 Å². The van der Waals surface area contributed by atoms with E-state index in [2.05, 4.69) is 54.9 Å². The summed E-state index contributed by atoms with van der Waals surface area (Å²) in [5.41, 5.74) is 1.94. The molecule has 2 aliphatic carbocycles. The number of anilines is 1. The van der Waals surface area contributed by atoms with E-state index in [9.17, 15) is 18.0 Å². The molecule has 2 aliphatic rings. The van der Waals surface area contributed by atoms with Crippen LogP contribution in [-0.4, -0.2) is 54.3 Å². The van der Waals surface area contributed by atoms with Crippen molar-refractivity contribution in [3.8, 4) is 0 Å². The maximum atomic E-state index is 12.7. The zero-order chi connectivity index (χ0) is 30.0. The number of alkyl halides is 3. The van der Waals surface area contributed by atoms with Crippen LogP contribution < -0.4 is 5.32 Å². The highest BCUT2D eigenvalue weighted by atomic mass is 28.4. The van der Waals surface area contributed by atoms with Gasteiger partial charge in [0.1, 0.15) is 5.65 Å². The van der Waals surface area contributed by atoms with Gasteiger partial charge in [0.15, 0.2) is 8.32 Å². The number of nitrogens with one attached hydrogen (secondary N) is 1.